The molecule has 67 heavy (non-hydrogen) atoms. The van der Waals surface area contributed by atoms with Gasteiger partial charge in [-0.25, -0.2) is 0 Å². The first-order valence-electron chi connectivity index (χ1n) is 25.1. The second-order valence-electron chi connectivity index (χ2n) is 20.4. The second-order valence-corrected chi connectivity index (χ2v) is 20.4. The fourth-order valence-corrected chi connectivity index (χ4v) is 14.3. The molecule has 0 radical (unpaired) electrons. The Balaban J connectivity index is 1.06. The second kappa shape index (κ2) is 14.2. The van der Waals surface area contributed by atoms with E-state index >= 15 is 0 Å². The Morgan fingerprint density at radius 3 is 1.60 bits per heavy atom. The smallest absolute Gasteiger partial charge is 0.252 e. The average molecular weight is 859 g/mol. The number of hydrogen-bond acceptors (Lipinski definition) is 2. The maximum Gasteiger partial charge on any atom is 0.252 e. The molecule has 0 fully saturated rings. The zero-order valence-corrected chi connectivity index (χ0v) is 38.4. The van der Waals surface area contributed by atoms with Crippen molar-refractivity contribution in [1.29, 1.82) is 0 Å². The molecule has 0 amide bonds. The largest absolute Gasteiger partial charge is 0.311 e. The van der Waals surface area contributed by atoms with Gasteiger partial charge in [-0.05, 0) is 194 Å². The monoisotopic (exact) mass is 858 g/mol. The number of anilines is 6. The van der Waals surface area contributed by atoms with Crippen LogP contribution in [0.25, 0.3) is 43.4 Å². The Hall–Kier alpha value is -7.10. The normalized spacial score (nSPS) is 18.2. The van der Waals surface area contributed by atoms with Crippen LogP contribution in [0.5, 0.6) is 0 Å². The van der Waals surface area contributed by atoms with Gasteiger partial charge in [0.1, 0.15) is 0 Å². The fraction of sp³-hybridized carbons (Fsp3) is 0.188. The van der Waals surface area contributed by atoms with Gasteiger partial charge in [-0.2, -0.15) is 0 Å². The van der Waals surface area contributed by atoms with Crippen LogP contribution in [0.4, 0.5) is 34.1 Å². The van der Waals surface area contributed by atoms with Gasteiger partial charge in [0.05, 0.1) is 5.69 Å². The Kier molecular flexibility index (Phi) is 8.07. The van der Waals surface area contributed by atoms with Gasteiger partial charge < -0.3 is 9.80 Å². The summed E-state index contributed by atoms with van der Waals surface area (Å²) in [5.41, 5.74) is 27.3. The van der Waals surface area contributed by atoms with Crippen LogP contribution in [0, 0.1) is 13.8 Å². The molecule has 15 rings (SSSR count). The molecule has 0 saturated carbocycles. The van der Waals surface area contributed by atoms with Crippen molar-refractivity contribution in [2.75, 3.05) is 9.80 Å². The molecule has 9 aromatic carbocycles. The fourth-order valence-electron chi connectivity index (χ4n) is 14.3. The lowest BCUT2D eigenvalue weighted by Gasteiger charge is -2.47. The van der Waals surface area contributed by atoms with Crippen molar-refractivity contribution < 1.29 is 0 Å². The Bertz CT molecular complexity index is 3680. The SMILES string of the molecule is Cc1cc2c(c3c1CCCC3)N(c1ccc3c(c1)C1C=CC=CC1c1ccccc1-3)c1cccc3c1B2c1cc(C)c2c(c1N3c1cccc3c4ccccc4c4ccccc4c13)CCCC2. The van der Waals surface area contributed by atoms with Crippen molar-refractivity contribution in [3.63, 3.8) is 0 Å². The zero-order valence-electron chi connectivity index (χ0n) is 38.4. The number of allylic oxidation sites excluding steroid dienone is 4. The zero-order chi connectivity index (χ0) is 44.1. The molecule has 0 spiro atoms. The van der Waals surface area contributed by atoms with Crippen LogP contribution >= 0.6 is 0 Å². The lowest BCUT2D eigenvalue weighted by atomic mass is 9.32. The Morgan fingerprint density at radius 1 is 0.433 bits per heavy atom. The third-order valence-corrected chi connectivity index (χ3v) is 17.0. The van der Waals surface area contributed by atoms with E-state index in [0.29, 0.717) is 5.92 Å². The molecular formula is C64H51BN2. The van der Waals surface area contributed by atoms with Crippen molar-refractivity contribution >= 4 is 89.5 Å². The van der Waals surface area contributed by atoms with Gasteiger partial charge >= 0.3 is 0 Å². The number of benzene rings is 9. The highest BCUT2D eigenvalue weighted by atomic mass is 15.2. The van der Waals surface area contributed by atoms with Crippen LogP contribution in [-0.4, -0.2) is 6.71 Å². The van der Waals surface area contributed by atoms with Gasteiger partial charge in [0.2, 0.25) is 0 Å². The van der Waals surface area contributed by atoms with Crippen LogP contribution in [0.15, 0.2) is 164 Å². The first kappa shape index (κ1) is 38.1. The molecule has 2 nitrogen and oxygen atoms in total. The minimum atomic E-state index is 0.105. The first-order valence-corrected chi connectivity index (χ1v) is 25.1. The molecule has 2 atom stereocenters. The van der Waals surface area contributed by atoms with Crippen LogP contribution in [0.2, 0.25) is 0 Å². The molecule has 0 N–H and O–H groups in total. The van der Waals surface area contributed by atoms with E-state index in [1.165, 1.54) is 142 Å². The molecule has 320 valence electrons. The van der Waals surface area contributed by atoms with Crippen LogP contribution in [0.3, 0.4) is 0 Å². The van der Waals surface area contributed by atoms with Crippen molar-refractivity contribution in [2.24, 2.45) is 0 Å². The molecule has 2 heterocycles. The van der Waals surface area contributed by atoms with E-state index in [1.807, 2.05) is 0 Å². The summed E-state index contributed by atoms with van der Waals surface area (Å²) >= 11 is 0. The van der Waals surface area contributed by atoms with Crippen molar-refractivity contribution in [3.8, 4) is 11.1 Å². The predicted octanol–water partition coefficient (Wildman–Crippen LogP) is 14.6. The minimum Gasteiger partial charge on any atom is -0.311 e. The standard InChI is InChI=1S/C64H51BN2/c1-38-35-56-63(53-27-13-3-17-41(38)53)66(40-33-34-50-45-21-6-5-19-43(45)44-20-8-10-25-49(44)55(50)37-40)59-31-16-32-60-62(59)65(56)57-36-39(2)42-18-4-14-28-54(42)64(57)67(60)58-30-15-29-52-48-23-9-7-22-46(48)47-24-11-12-26-51(47)61(52)58/h5-12,15-16,19-26,29-37,44,49H,3-4,13-14,17-18,27-28H2,1-2H3. The summed E-state index contributed by atoms with van der Waals surface area (Å²) in [7, 11) is 0. The van der Waals surface area contributed by atoms with Gasteiger partial charge in [0.25, 0.3) is 6.71 Å². The lowest BCUT2D eigenvalue weighted by Crippen LogP contribution is -2.62. The number of fused-ring (bicyclic) bond motifs is 20. The summed E-state index contributed by atoms with van der Waals surface area (Å²) in [5, 5.41) is 7.91. The molecule has 4 aliphatic carbocycles. The van der Waals surface area contributed by atoms with E-state index in [0.717, 1.165) is 25.7 Å². The van der Waals surface area contributed by atoms with E-state index < -0.39 is 0 Å². The summed E-state index contributed by atoms with van der Waals surface area (Å²) in [6.45, 7) is 4.93. The molecule has 0 saturated heterocycles. The van der Waals surface area contributed by atoms with Crippen LogP contribution in [-0.2, 0) is 25.7 Å². The highest BCUT2D eigenvalue weighted by Crippen LogP contribution is 2.54. The molecule has 2 unspecified atom stereocenters. The van der Waals surface area contributed by atoms with Crippen molar-refractivity contribution in [2.45, 2.75) is 77.0 Å². The van der Waals surface area contributed by atoms with Crippen molar-refractivity contribution in [1.82, 2.24) is 0 Å². The van der Waals surface area contributed by atoms with Gasteiger partial charge in [-0.3, -0.25) is 0 Å². The van der Waals surface area contributed by atoms with Gasteiger partial charge in [-0.15, -0.1) is 0 Å². The highest BCUT2D eigenvalue weighted by molar-refractivity contribution is 7.00. The minimum absolute atomic E-state index is 0.105. The summed E-state index contributed by atoms with van der Waals surface area (Å²) in [6.07, 6.45) is 18.9. The molecular weight excluding hydrogens is 808 g/mol. The number of aryl methyl sites for hydroxylation is 2. The van der Waals surface area contributed by atoms with Gasteiger partial charge in [0.15, 0.2) is 0 Å². The number of rotatable bonds is 2. The summed E-state index contributed by atoms with van der Waals surface area (Å²) in [5.74, 6) is 0.618. The third kappa shape index (κ3) is 5.18. The van der Waals surface area contributed by atoms with Crippen LogP contribution in [0.1, 0.15) is 82.0 Å². The van der Waals surface area contributed by atoms with E-state index in [-0.39, 0.29) is 12.6 Å². The quantitative estimate of drug-likeness (QED) is 0.126. The number of nitrogens with zero attached hydrogens (tertiary/aromatic N) is 2. The molecule has 9 aromatic rings. The van der Waals surface area contributed by atoms with Crippen LogP contribution < -0.4 is 26.2 Å². The molecule has 0 aromatic heterocycles. The molecule has 0 bridgehead atoms. The van der Waals surface area contributed by atoms with E-state index in [1.54, 1.807) is 22.3 Å². The van der Waals surface area contributed by atoms with Crippen molar-refractivity contribution in [3.05, 3.63) is 208 Å². The third-order valence-electron chi connectivity index (χ3n) is 17.0. The van der Waals surface area contributed by atoms with Gasteiger partial charge in [0, 0.05) is 45.7 Å². The topological polar surface area (TPSA) is 6.48 Å². The van der Waals surface area contributed by atoms with E-state index in [4.69, 9.17) is 0 Å². The summed E-state index contributed by atoms with van der Waals surface area (Å²) in [6, 6.07) is 54.5. The number of hydrogen-bond donors (Lipinski definition) is 0. The highest BCUT2D eigenvalue weighted by Gasteiger charge is 2.47. The van der Waals surface area contributed by atoms with E-state index in [9.17, 15) is 0 Å². The lowest BCUT2D eigenvalue weighted by molar-refractivity contribution is 0.682. The summed E-state index contributed by atoms with van der Waals surface area (Å²) < 4.78 is 0. The van der Waals surface area contributed by atoms with Gasteiger partial charge in [-0.1, -0.05) is 133 Å². The predicted molar refractivity (Wildman–Crippen MR) is 285 cm³/mol. The maximum atomic E-state index is 2.76. The summed E-state index contributed by atoms with van der Waals surface area (Å²) in [4.78, 5) is 5.51. The molecule has 3 heteroatoms. The molecule has 6 aliphatic rings. The first-order chi connectivity index (χ1) is 33.1. The Morgan fingerprint density at radius 2 is 0.925 bits per heavy atom. The molecule has 2 aliphatic heterocycles. The maximum absolute atomic E-state index is 2.76. The van der Waals surface area contributed by atoms with E-state index in [2.05, 4.69) is 187 Å². The average Bonchev–Trinajstić information content (AvgIpc) is 3.39. The Labute approximate surface area is 394 Å².